The van der Waals surface area contributed by atoms with Crippen molar-refractivity contribution in [1.82, 2.24) is 0 Å². The molecule has 0 aliphatic rings. The first-order valence-electron chi connectivity index (χ1n) is 3.01. The van der Waals surface area contributed by atoms with Crippen molar-refractivity contribution in [3.63, 3.8) is 0 Å². The number of hydrogen-bond donors (Lipinski definition) is 0. The van der Waals surface area contributed by atoms with Crippen molar-refractivity contribution in [2.75, 3.05) is 0 Å². The Morgan fingerprint density at radius 3 is 1.91 bits per heavy atom. The van der Waals surface area contributed by atoms with Crippen molar-refractivity contribution < 1.29 is 62.0 Å². The maximum absolute atomic E-state index is 3.83. The van der Waals surface area contributed by atoms with Crippen LogP contribution in [-0.4, -0.2) is 0 Å². The van der Waals surface area contributed by atoms with Crippen LogP contribution in [0.1, 0.15) is 15.3 Å². The zero-order valence-corrected chi connectivity index (χ0v) is 11.6. The number of hydrogen-bond acceptors (Lipinski definition) is 0. The molecule has 0 amide bonds. The second-order valence-corrected chi connectivity index (χ2v) is 2.15. The van der Waals surface area contributed by atoms with Crippen molar-refractivity contribution >= 4 is 5.57 Å². The molecule has 1 aromatic rings. The van der Waals surface area contributed by atoms with Crippen molar-refractivity contribution in [3.05, 3.63) is 42.5 Å². The van der Waals surface area contributed by atoms with Gasteiger partial charge in [0.15, 0.2) is 0 Å². The van der Waals surface area contributed by atoms with Gasteiger partial charge in [0.1, 0.15) is 0 Å². The van der Waals surface area contributed by atoms with E-state index in [0.29, 0.717) is 0 Å². The molecule has 0 saturated heterocycles. The molecule has 0 bridgehead atoms. The van der Waals surface area contributed by atoms with Gasteiger partial charge in [-0.2, -0.15) is 0 Å². The molecule has 0 saturated carbocycles. The summed E-state index contributed by atoms with van der Waals surface area (Å²) in [4.78, 5) is 0. The van der Waals surface area contributed by atoms with Crippen LogP contribution >= 0.6 is 0 Å². The Bertz CT molecular complexity index is 212. The van der Waals surface area contributed by atoms with Gasteiger partial charge in [-0.05, 0) is 12.5 Å². The third-order valence-electron chi connectivity index (χ3n) is 1.27. The molecule has 1 aromatic carbocycles. The molecule has 11 heavy (non-hydrogen) atoms. The van der Waals surface area contributed by atoms with Gasteiger partial charge in [0.25, 0.3) is 0 Å². The molecular weight excluding hydrogens is 154 g/mol. The molecule has 0 atom stereocenters. The molecule has 0 aliphatic heterocycles. The summed E-state index contributed by atoms with van der Waals surface area (Å²) in [6.07, 6.45) is 0. The third kappa shape index (κ3) is 5.24. The molecule has 0 spiro atoms. The van der Waals surface area contributed by atoms with Gasteiger partial charge in [0, 0.05) is 0 Å². The summed E-state index contributed by atoms with van der Waals surface area (Å²) in [6, 6.07) is 10.2. The molecule has 1 rings (SSSR count). The number of allylic oxidation sites excluding steroid dienone is 1. The van der Waals surface area contributed by atoms with Crippen LogP contribution in [0.5, 0.6) is 0 Å². The van der Waals surface area contributed by atoms with Gasteiger partial charge in [-0.3, -0.25) is 0 Å². The predicted molar refractivity (Wildman–Crippen MR) is 43.4 cm³/mol. The van der Waals surface area contributed by atoms with Crippen molar-refractivity contribution in [3.8, 4) is 0 Å². The quantitative estimate of drug-likeness (QED) is 0.389. The Balaban J connectivity index is -0.000000101. The predicted octanol–water partition coefficient (Wildman–Crippen LogP) is -3.05. The topological polar surface area (TPSA) is 0 Å². The van der Waals surface area contributed by atoms with Gasteiger partial charge in [-0.15, -0.1) is 0 Å². The molecule has 0 unspecified atom stereocenters. The standard InChI is InChI=1S/C9H10.2Na.2H/c1-8(2)9-6-4-3-5-7-9;;;;/h3-7H,1H2,2H3;;;;/q;2*+1;2*-1. The number of benzene rings is 1. The minimum absolute atomic E-state index is 0. The van der Waals surface area contributed by atoms with E-state index in [-0.39, 0.29) is 62.0 Å². The Kier molecular flexibility index (Phi) is 10.0. The van der Waals surface area contributed by atoms with E-state index in [2.05, 4.69) is 18.7 Å². The Labute approximate surface area is 116 Å². The van der Waals surface area contributed by atoms with E-state index in [1.54, 1.807) is 0 Å². The molecule has 0 aliphatic carbocycles. The fourth-order valence-electron chi connectivity index (χ4n) is 0.723. The Morgan fingerprint density at radius 1 is 1.18 bits per heavy atom. The zero-order valence-electron chi connectivity index (χ0n) is 9.59. The summed E-state index contributed by atoms with van der Waals surface area (Å²) < 4.78 is 0. The van der Waals surface area contributed by atoms with E-state index in [9.17, 15) is 0 Å². The van der Waals surface area contributed by atoms with Crippen LogP contribution < -0.4 is 59.1 Å². The largest absolute Gasteiger partial charge is 1.00 e. The van der Waals surface area contributed by atoms with Gasteiger partial charge in [-0.25, -0.2) is 0 Å². The van der Waals surface area contributed by atoms with E-state index in [0.717, 1.165) is 5.57 Å². The Hall–Kier alpha value is 0.960. The average molecular weight is 166 g/mol. The van der Waals surface area contributed by atoms with Crippen molar-refractivity contribution in [2.45, 2.75) is 6.92 Å². The van der Waals surface area contributed by atoms with Crippen LogP contribution in [0.2, 0.25) is 0 Å². The molecule has 0 fully saturated rings. The maximum Gasteiger partial charge on any atom is 1.00 e. The average Bonchev–Trinajstić information content (AvgIpc) is 1.90. The van der Waals surface area contributed by atoms with E-state index in [1.165, 1.54) is 5.56 Å². The summed E-state index contributed by atoms with van der Waals surface area (Å²) in [5.74, 6) is 0. The van der Waals surface area contributed by atoms with Gasteiger partial charge < -0.3 is 2.85 Å². The minimum Gasteiger partial charge on any atom is -1.00 e. The molecular formula is C9H12Na2. The maximum atomic E-state index is 3.83. The second-order valence-electron chi connectivity index (χ2n) is 2.15. The summed E-state index contributed by atoms with van der Waals surface area (Å²) >= 11 is 0. The summed E-state index contributed by atoms with van der Waals surface area (Å²) in [6.45, 7) is 5.83. The molecule has 0 aromatic heterocycles. The van der Waals surface area contributed by atoms with E-state index < -0.39 is 0 Å². The summed E-state index contributed by atoms with van der Waals surface area (Å²) in [5.41, 5.74) is 2.34. The minimum atomic E-state index is 0. The monoisotopic (exact) mass is 166 g/mol. The molecule has 0 heterocycles. The fraction of sp³-hybridized carbons (Fsp3) is 0.111. The smallest absolute Gasteiger partial charge is 1.00 e. The normalized spacial score (nSPS) is 7.36. The van der Waals surface area contributed by atoms with Crippen LogP contribution in [0, 0.1) is 0 Å². The first kappa shape index (κ1) is 14.5. The van der Waals surface area contributed by atoms with Crippen LogP contribution in [0.3, 0.4) is 0 Å². The fourth-order valence-corrected chi connectivity index (χ4v) is 0.723. The third-order valence-corrected chi connectivity index (χ3v) is 1.27. The van der Waals surface area contributed by atoms with E-state index in [1.807, 2.05) is 25.1 Å². The SMILES string of the molecule is C=C(C)c1ccccc1.[H-].[H-].[Na+].[Na+]. The van der Waals surface area contributed by atoms with Crippen LogP contribution in [0.15, 0.2) is 36.9 Å². The van der Waals surface area contributed by atoms with Gasteiger partial charge >= 0.3 is 59.1 Å². The van der Waals surface area contributed by atoms with Gasteiger partial charge in [-0.1, -0.05) is 42.5 Å². The molecule has 0 nitrogen and oxygen atoms in total. The zero-order chi connectivity index (χ0) is 6.69. The molecule has 50 valence electrons. The first-order valence-corrected chi connectivity index (χ1v) is 3.01. The van der Waals surface area contributed by atoms with Crippen LogP contribution in [-0.2, 0) is 0 Å². The molecule has 0 N–H and O–H groups in total. The van der Waals surface area contributed by atoms with E-state index >= 15 is 0 Å². The summed E-state index contributed by atoms with van der Waals surface area (Å²) in [7, 11) is 0. The summed E-state index contributed by atoms with van der Waals surface area (Å²) in [5, 5.41) is 0. The van der Waals surface area contributed by atoms with Gasteiger partial charge in [0.05, 0.1) is 0 Å². The van der Waals surface area contributed by atoms with Crippen LogP contribution in [0.25, 0.3) is 5.57 Å². The Morgan fingerprint density at radius 2 is 1.64 bits per heavy atom. The van der Waals surface area contributed by atoms with Crippen LogP contribution in [0.4, 0.5) is 0 Å². The second kappa shape index (κ2) is 7.60. The number of rotatable bonds is 1. The first-order chi connectivity index (χ1) is 4.30. The van der Waals surface area contributed by atoms with E-state index in [4.69, 9.17) is 0 Å². The van der Waals surface area contributed by atoms with Crippen molar-refractivity contribution in [1.29, 1.82) is 0 Å². The molecule has 2 heteroatoms. The molecule has 0 radical (unpaired) electrons. The van der Waals surface area contributed by atoms with Crippen molar-refractivity contribution in [2.24, 2.45) is 0 Å². The van der Waals surface area contributed by atoms with Gasteiger partial charge in [0.2, 0.25) is 0 Å².